The summed E-state index contributed by atoms with van der Waals surface area (Å²) in [6, 6.07) is 4.90. The van der Waals surface area contributed by atoms with Crippen molar-refractivity contribution in [2.75, 3.05) is 26.2 Å². The molecule has 116 valence electrons. The topological polar surface area (TPSA) is 24.5 Å². The number of halogens is 2. The number of ether oxygens (including phenoxy) is 1. The van der Waals surface area contributed by atoms with Gasteiger partial charge in [-0.3, -0.25) is 4.90 Å². The quantitative estimate of drug-likeness (QED) is 0.903. The van der Waals surface area contributed by atoms with E-state index in [4.69, 9.17) is 16.3 Å². The first kappa shape index (κ1) is 15.4. The summed E-state index contributed by atoms with van der Waals surface area (Å²) in [5, 5.41) is 4.47. The third-order valence-electron chi connectivity index (χ3n) is 4.96. The Bertz CT molecular complexity index is 523. The van der Waals surface area contributed by atoms with Crippen molar-refractivity contribution in [3.63, 3.8) is 0 Å². The fraction of sp³-hybridized carbons (Fsp3) is 0.625. The number of fused-ring (bicyclic) bond motifs is 2. The SMILES string of the molecule is Cl.Clc1cc2c(c(CN3CCC4NCCC4C3)c1)OCC2. The molecule has 3 nitrogen and oxygen atoms in total. The van der Waals surface area contributed by atoms with Crippen molar-refractivity contribution >= 4 is 24.0 Å². The average molecular weight is 329 g/mol. The molecule has 3 aliphatic heterocycles. The third kappa shape index (κ3) is 3.02. The van der Waals surface area contributed by atoms with E-state index in [1.165, 1.54) is 43.6 Å². The van der Waals surface area contributed by atoms with E-state index in [-0.39, 0.29) is 12.4 Å². The minimum absolute atomic E-state index is 0. The molecule has 3 heterocycles. The van der Waals surface area contributed by atoms with E-state index in [1.54, 1.807) is 0 Å². The summed E-state index contributed by atoms with van der Waals surface area (Å²) >= 11 is 6.25. The number of nitrogens with zero attached hydrogens (tertiary/aromatic N) is 1. The number of piperidine rings is 1. The van der Waals surface area contributed by atoms with Crippen LogP contribution in [0, 0.1) is 5.92 Å². The van der Waals surface area contributed by atoms with Crippen LogP contribution in [0.4, 0.5) is 0 Å². The highest BCUT2D eigenvalue weighted by atomic mass is 35.5. The molecular formula is C16H22Cl2N2O. The Morgan fingerprint density at radius 3 is 3.14 bits per heavy atom. The smallest absolute Gasteiger partial charge is 0.127 e. The summed E-state index contributed by atoms with van der Waals surface area (Å²) in [6.45, 7) is 5.36. The maximum atomic E-state index is 6.25. The first-order valence-electron chi connectivity index (χ1n) is 7.69. The van der Waals surface area contributed by atoms with Crippen molar-refractivity contribution in [2.24, 2.45) is 5.92 Å². The van der Waals surface area contributed by atoms with Gasteiger partial charge in [0.05, 0.1) is 6.61 Å². The van der Waals surface area contributed by atoms with Gasteiger partial charge in [0.2, 0.25) is 0 Å². The molecular weight excluding hydrogens is 307 g/mol. The van der Waals surface area contributed by atoms with Gasteiger partial charge in [-0.1, -0.05) is 11.6 Å². The van der Waals surface area contributed by atoms with Crippen molar-refractivity contribution < 1.29 is 4.74 Å². The number of hydrogen-bond acceptors (Lipinski definition) is 3. The van der Waals surface area contributed by atoms with Crippen molar-refractivity contribution in [3.8, 4) is 5.75 Å². The van der Waals surface area contributed by atoms with Crippen LogP contribution in [0.3, 0.4) is 0 Å². The van der Waals surface area contributed by atoms with Gasteiger partial charge in [-0.25, -0.2) is 0 Å². The van der Waals surface area contributed by atoms with E-state index in [2.05, 4.69) is 22.3 Å². The van der Waals surface area contributed by atoms with Crippen LogP contribution in [0.5, 0.6) is 5.75 Å². The van der Waals surface area contributed by atoms with Crippen LogP contribution in [0.15, 0.2) is 12.1 Å². The zero-order valence-electron chi connectivity index (χ0n) is 12.1. The Hall–Kier alpha value is -0.480. The lowest BCUT2D eigenvalue weighted by molar-refractivity contribution is 0.154. The molecule has 0 spiro atoms. The summed E-state index contributed by atoms with van der Waals surface area (Å²) in [7, 11) is 0. The largest absolute Gasteiger partial charge is 0.493 e. The first-order chi connectivity index (χ1) is 9.79. The zero-order chi connectivity index (χ0) is 13.5. The van der Waals surface area contributed by atoms with E-state index in [9.17, 15) is 0 Å². The lowest BCUT2D eigenvalue weighted by Crippen LogP contribution is -2.43. The Kier molecular flexibility index (Phi) is 4.65. The Balaban J connectivity index is 0.00000132. The van der Waals surface area contributed by atoms with E-state index >= 15 is 0 Å². The van der Waals surface area contributed by atoms with Gasteiger partial charge in [-0.2, -0.15) is 0 Å². The summed E-state index contributed by atoms with van der Waals surface area (Å²) in [5.74, 6) is 1.93. The van der Waals surface area contributed by atoms with Gasteiger partial charge >= 0.3 is 0 Å². The molecule has 1 aromatic carbocycles. The van der Waals surface area contributed by atoms with E-state index < -0.39 is 0 Å². The number of likely N-dealkylation sites (tertiary alicyclic amines) is 1. The summed E-state index contributed by atoms with van der Waals surface area (Å²) in [5.41, 5.74) is 2.55. The predicted molar refractivity (Wildman–Crippen MR) is 87.7 cm³/mol. The van der Waals surface area contributed by atoms with Gasteiger partial charge < -0.3 is 10.1 Å². The average Bonchev–Trinajstić information content (AvgIpc) is 3.05. The molecule has 3 aliphatic rings. The molecule has 1 aromatic rings. The molecule has 0 saturated carbocycles. The van der Waals surface area contributed by atoms with Crippen molar-refractivity contribution in [1.82, 2.24) is 10.2 Å². The van der Waals surface area contributed by atoms with Gasteiger partial charge in [-0.05, 0) is 49.5 Å². The number of benzene rings is 1. The second kappa shape index (κ2) is 6.33. The minimum atomic E-state index is 0. The third-order valence-corrected chi connectivity index (χ3v) is 5.18. The molecule has 2 fully saturated rings. The normalized spacial score (nSPS) is 27.7. The maximum Gasteiger partial charge on any atom is 0.127 e. The Morgan fingerprint density at radius 2 is 2.24 bits per heavy atom. The fourth-order valence-electron chi connectivity index (χ4n) is 3.97. The van der Waals surface area contributed by atoms with Crippen LogP contribution in [0.1, 0.15) is 24.0 Å². The Morgan fingerprint density at radius 1 is 1.33 bits per heavy atom. The van der Waals surface area contributed by atoms with E-state index in [0.717, 1.165) is 42.3 Å². The molecule has 0 amide bonds. The summed E-state index contributed by atoms with van der Waals surface area (Å²) < 4.78 is 5.82. The lowest BCUT2D eigenvalue weighted by atomic mass is 9.93. The molecule has 4 rings (SSSR count). The molecule has 0 aliphatic carbocycles. The maximum absolute atomic E-state index is 6.25. The van der Waals surface area contributed by atoms with Gasteiger partial charge in [0.25, 0.3) is 0 Å². The van der Waals surface area contributed by atoms with Crippen LogP contribution in [0.25, 0.3) is 0 Å². The molecule has 2 atom stereocenters. The molecule has 1 N–H and O–H groups in total. The van der Waals surface area contributed by atoms with Crippen molar-refractivity contribution in [3.05, 3.63) is 28.3 Å². The first-order valence-corrected chi connectivity index (χ1v) is 8.07. The monoisotopic (exact) mass is 328 g/mol. The summed E-state index contributed by atoms with van der Waals surface area (Å²) in [4.78, 5) is 2.57. The summed E-state index contributed by atoms with van der Waals surface area (Å²) in [6.07, 6.45) is 3.59. The van der Waals surface area contributed by atoms with Gasteiger partial charge in [0.15, 0.2) is 0 Å². The van der Waals surface area contributed by atoms with Gasteiger partial charge in [0.1, 0.15) is 5.75 Å². The number of rotatable bonds is 2. The second-order valence-electron chi connectivity index (χ2n) is 6.28. The van der Waals surface area contributed by atoms with E-state index in [0.29, 0.717) is 0 Å². The molecule has 0 bridgehead atoms. The van der Waals surface area contributed by atoms with E-state index in [1.807, 2.05) is 0 Å². The Labute approximate surface area is 137 Å². The van der Waals surface area contributed by atoms with Crippen LogP contribution in [-0.2, 0) is 13.0 Å². The predicted octanol–water partition coefficient (Wildman–Crippen LogP) is 2.88. The van der Waals surface area contributed by atoms with Crippen molar-refractivity contribution in [2.45, 2.75) is 31.8 Å². The second-order valence-corrected chi connectivity index (χ2v) is 6.72. The van der Waals surface area contributed by atoms with Crippen LogP contribution < -0.4 is 10.1 Å². The standard InChI is InChI=1S/C16H21ClN2O.ClH/c17-14-7-11-3-6-20-16(11)13(8-14)10-19-5-2-15-12(9-19)1-4-18-15;/h7-8,12,15,18H,1-6,9-10H2;1H. The highest BCUT2D eigenvalue weighted by molar-refractivity contribution is 6.30. The minimum Gasteiger partial charge on any atom is -0.493 e. The highest BCUT2D eigenvalue weighted by Crippen LogP contribution is 2.34. The molecule has 21 heavy (non-hydrogen) atoms. The van der Waals surface area contributed by atoms with Crippen molar-refractivity contribution in [1.29, 1.82) is 0 Å². The highest BCUT2D eigenvalue weighted by Gasteiger charge is 2.33. The van der Waals surface area contributed by atoms with Crippen LogP contribution in [0.2, 0.25) is 5.02 Å². The van der Waals surface area contributed by atoms with Gasteiger partial charge in [-0.15, -0.1) is 12.4 Å². The van der Waals surface area contributed by atoms with Crippen LogP contribution >= 0.6 is 24.0 Å². The van der Waals surface area contributed by atoms with Crippen LogP contribution in [-0.4, -0.2) is 37.2 Å². The zero-order valence-corrected chi connectivity index (χ0v) is 13.7. The number of hydrogen-bond donors (Lipinski definition) is 1. The number of nitrogens with one attached hydrogen (secondary N) is 1. The fourth-order valence-corrected chi connectivity index (χ4v) is 4.23. The molecule has 2 saturated heterocycles. The molecule has 0 aromatic heterocycles. The molecule has 5 heteroatoms. The van der Waals surface area contributed by atoms with Gasteiger partial charge in [0, 0.05) is 36.1 Å². The molecule has 2 unspecified atom stereocenters. The molecule has 0 radical (unpaired) electrons. The lowest BCUT2D eigenvalue weighted by Gasteiger charge is -2.35.